The van der Waals surface area contributed by atoms with Gasteiger partial charge in [0.1, 0.15) is 0 Å². The van der Waals surface area contributed by atoms with E-state index in [1.807, 2.05) is 24.3 Å². The molecule has 0 amide bonds. The van der Waals surface area contributed by atoms with Crippen LogP contribution in [0, 0.1) is 6.07 Å². The SMILES string of the molecule is CCC(C)c1ccc2[c-]c(-c3ccccn3)c(=O)oc2c1.[Ir]. The van der Waals surface area contributed by atoms with Gasteiger partial charge in [0.2, 0.25) is 0 Å². The first-order valence-electron chi connectivity index (χ1n) is 7.10. The maximum absolute atomic E-state index is 12.1. The number of rotatable bonds is 3. The van der Waals surface area contributed by atoms with Crippen molar-refractivity contribution in [2.75, 3.05) is 0 Å². The van der Waals surface area contributed by atoms with Crippen molar-refractivity contribution < 1.29 is 24.5 Å². The Kier molecular flexibility index (Phi) is 5.28. The zero-order valence-electron chi connectivity index (χ0n) is 12.4. The molecule has 1 aromatic carbocycles. The van der Waals surface area contributed by atoms with Gasteiger partial charge in [0.15, 0.2) is 0 Å². The molecule has 0 fully saturated rings. The fraction of sp³-hybridized carbons (Fsp3) is 0.222. The summed E-state index contributed by atoms with van der Waals surface area (Å²) in [6.45, 7) is 4.30. The van der Waals surface area contributed by atoms with Crippen molar-refractivity contribution in [3.05, 3.63) is 64.6 Å². The molecule has 3 nitrogen and oxygen atoms in total. The molecule has 0 saturated heterocycles. The van der Waals surface area contributed by atoms with Crippen molar-refractivity contribution in [1.82, 2.24) is 4.98 Å². The van der Waals surface area contributed by atoms with E-state index in [1.165, 1.54) is 5.56 Å². The molecule has 2 aromatic heterocycles. The van der Waals surface area contributed by atoms with E-state index in [4.69, 9.17) is 4.42 Å². The Bertz CT molecular complexity index is 827. The Morgan fingerprint density at radius 2 is 2.09 bits per heavy atom. The smallest absolute Gasteiger partial charge is 0.268 e. The fourth-order valence-electron chi connectivity index (χ4n) is 2.28. The molecule has 1 radical (unpaired) electrons. The molecule has 4 heteroatoms. The number of fused-ring (bicyclic) bond motifs is 1. The summed E-state index contributed by atoms with van der Waals surface area (Å²) in [4.78, 5) is 16.3. The minimum atomic E-state index is -0.400. The molecular formula is C18H16IrNO2-. The molecule has 1 atom stereocenters. The molecule has 3 aromatic rings. The van der Waals surface area contributed by atoms with Crippen LogP contribution in [-0.4, -0.2) is 4.98 Å². The Morgan fingerprint density at radius 1 is 1.27 bits per heavy atom. The Morgan fingerprint density at radius 3 is 2.77 bits per heavy atom. The fourth-order valence-corrected chi connectivity index (χ4v) is 2.28. The summed E-state index contributed by atoms with van der Waals surface area (Å²) in [7, 11) is 0. The van der Waals surface area contributed by atoms with E-state index < -0.39 is 5.63 Å². The third kappa shape index (κ3) is 3.18. The summed E-state index contributed by atoms with van der Waals surface area (Å²) < 4.78 is 5.46. The van der Waals surface area contributed by atoms with Crippen LogP contribution in [0.2, 0.25) is 0 Å². The number of aromatic nitrogens is 1. The van der Waals surface area contributed by atoms with E-state index in [0.717, 1.165) is 11.8 Å². The number of nitrogens with zero attached hydrogens (tertiary/aromatic N) is 1. The summed E-state index contributed by atoms with van der Waals surface area (Å²) in [5.41, 5.74) is 2.31. The number of hydrogen-bond acceptors (Lipinski definition) is 3. The predicted octanol–water partition coefficient (Wildman–Crippen LogP) is 4.17. The number of hydrogen-bond donors (Lipinski definition) is 0. The van der Waals surface area contributed by atoms with Crippen LogP contribution in [0.4, 0.5) is 0 Å². The first-order valence-corrected chi connectivity index (χ1v) is 7.10. The predicted molar refractivity (Wildman–Crippen MR) is 83.3 cm³/mol. The van der Waals surface area contributed by atoms with Crippen molar-refractivity contribution in [3.8, 4) is 11.3 Å². The van der Waals surface area contributed by atoms with Crippen LogP contribution in [-0.2, 0) is 20.1 Å². The van der Waals surface area contributed by atoms with Gasteiger partial charge in [-0.1, -0.05) is 49.1 Å². The van der Waals surface area contributed by atoms with E-state index >= 15 is 0 Å². The molecule has 0 aliphatic rings. The van der Waals surface area contributed by atoms with Gasteiger partial charge >= 0.3 is 0 Å². The van der Waals surface area contributed by atoms with Crippen LogP contribution >= 0.6 is 0 Å². The minimum Gasteiger partial charge on any atom is -0.496 e. The second-order valence-corrected chi connectivity index (χ2v) is 5.17. The standard InChI is InChI=1S/C18H16NO2.Ir/c1-3-12(2)13-7-8-14-10-15(16-6-4-5-9-19-16)18(20)21-17(14)11-13;/h4-9,11-12H,3H2,1-2H3;/q-1;. The van der Waals surface area contributed by atoms with Crippen molar-refractivity contribution in [1.29, 1.82) is 0 Å². The number of pyridine rings is 1. The normalized spacial score (nSPS) is 11.9. The van der Waals surface area contributed by atoms with Crippen molar-refractivity contribution >= 4 is 11.0 Å². The van der Waals surface area contributed by atoms with Crippen LogP contribution in [0.15, 0.2) is 51.8 Å². The van der Waals surface area contributed by atoms with Gasteiger partial charge < -0.3 is 4.42 Å². The summed E-state index contributed by atoms with van der Waals surface area (Å²) in [6.07, 6.45) is 2.70. The third-order valence-corrected chi connectivity index (χ3v) is 3.77. The molecule has 0 spiro atoms. The summed E-state index contributed by atoms with van der Waals surface area (Å²) in [5, 5.41) is 0.794. The monoisotopic (exact) mass is 471 g/mol. The molecule has 0 aliphatic heterocycles. The zero-order valence-corrected chi connectivity index (χ0v) is 14.8. The van der Waals surface area contributed by atoms with Crippen molar-refractivity contribution in [2.45, 2.75) is 26.2 Å². The maximum Gasteiger partial charge on any atom is 0.268 e. The van der Waals surface area contributed by atoms with Crippen LogP contribution < -0.4 is 5.63 Å². The molecule has 0 saturated carbocycles. The van der Waals surface area contributed by atoms with Crippen molar-refractivity contribution in [3.63, 3.8) is 0 Å². The van der Waals surface area contributed by atoms with Gasteiger partial charge in [-0.05, 0) is 24.0 Å². The third-order valence-electron chi connectivity index (χ3n) is 3.77. The van der Waals surface area contributed by atoms with E-state index in [-0.39, 0.29) is 20.1 Å². The van der Waals surface area contributed by atoms with Crippen molar-refractivity contribution in [2.24, 2.45) is 0 Å². The maximum atomic E-state index is 12.1. The second-order valence-electron chi connectivity index (χ2n) is 5.17. The van der Waals surface area contributed by atoms with E-state index in [0.29, 0.717) is 22.8 Å². The van der Waals surface area contributed by atoms with Crippen LogP contribution in [0.3, 0.4) is 0 Å². The largest absolute Gasteiger partial charge is 0.496 e. The molecule has 0 aliphatic carbocycles. The topological polar surface area (TPSA) is 43.1 Å². The van der Waals surface area contributed by atoms with Gasteiger partial charge in [-0.15, -0.1) is 12.1 Å². The molecule has 3 rings (SSSR count). The first kappa shape index (κ1) is 16.6. The van der Waals surface area contributed by atoms with Gasteiger partial charge in [0.05, 0.1) is 5.58 Å². The van der Waals surface area contributed by atoms with Crippen LogP contribution in [0.25, 0.3) is 22.2 Å². The molecule has 0 N–H and O–H groups in total. The zero-order chi connectivity index (χ0) is 14.8. The van der Waals surface area contributed by atoms with Gasteiger partial charge in [-0.2, -0.15) is 0 Å². The Hall–Kier alpha value is -1.77. The van der Waals surface area contributed by atoms with E-state index in [1.54, 1.807) is 12.3 Å². The summed E-state index contributed by atoms with van der Waals surface area (Å²) in [6, 6.07) is 14.5. The van der Waals surface area contributed by atoms with Gasteiger partial charge in [0.25, 0.3) is 5.63 Å². The van der Waals surface area contributed by atoms with E-state index in [2.05, 4.69) is 31.0 Å². The quantitative estimate of drug-likeness (QED) is 0.426. The molecule has 1 unspecified atom stereocenters. The molecule has 2 heterocycles. The average Bonchev–Trinajstić information content (AvgIpc) is 2.53. The minimum absolute atomic E-state index is 0. The second kappa shape index (κ2) is 6.99. The van der Waals surface area contributed by atoms with Gasteiger partial charge in [-0.25, -0.2) is 0 Å². The van der Waals surface area contributed by atoms with Crippen LogP contribution in [0.5, 0.6) is 0 Å². The Balaban J connectivity index is 0.00000176. The average molecular weight is 471 g/mol. The molecular weight excluding hydrogens is 454 g/mol. The van der Waals surface area contributed by atoms with Crippen LogP contribution in [0.1, 0.15) is 31.7 Å². The number of benzene rings is 1. The Labute approximate surface area is 142 Å². The molecule has 0 bridgehead atoms. The van der Waals surface area contributed by atoms with Gasteiger partial charge in [-0.3, -0.25) is 9.78 Å². The summed E-state index contributed by atoms with van der Waals surface area (Å²) >= 11 is 0. The first-order chi connectivity index (χ1) is 10.2. The van der Waals surface area contributed by atoms with E-state index in [9.17, 15) is 4.79 Å². The van der Waals surface area contributed by atoms with Gasteiger partial charge in [0, 0.05) is 32.0 Å². The molecule has 115 valence electrons. The summed E-state index contributed by atoms with van der Waals surface area (Å²) in [5.74, 6) is 0.440. The molecule has 22 heavy (non-hydrogen) atoms.